The summed E-state index contributed by atoms with van der Waals surface area (Å²) in [6.07, 6.45) is 6.43. The van der Waals surface area contributed by atoms with E-state index in [1.165, 1.54) is 19.6 Å². The van der Waals surface area contributed by atoms with Gasteiger partial charge >= 0.3 is 0 Å². The van der Waals surface area contributed by atoms with Crippen LogP contribution in [0.25, 0.3) is 16.3 Å². The van der Waals surface area contributed by atoms with Crippen molar-refractivity contribution < 1.29 is 30.5 Å². The fourth-order valence-electron chi connectivity index (χ4n) is 4.51. The average molecular weight is 655 g/mol. The smallest absolute Gasteiger partial charge is 0.265 e. The van der Waals surface area contributed by atoms with Gasteiger partial charge < -0.3 is 9.80 Å². The van der Waals surface area contributed by atoms with Crippen molar-refractivity contribution in [3.8, 4) is 0 Å². The second kappa shape index (κ2) is 16.0. The Hall–Kier alpha value is -2.26. The zero-order valence-electron chi connectivity index (χ0n) is 24.2. The molecular formula is C29H40N3O6S4+. The van der Waals surface area contributed by atoms with Gasteiger partial charge in [0.2, 0.25) is 5.52 Å². The maximum absolute atomic E-state index is 11.2. The molecule has 13 heteroatoms. The average Bonchev–Trinajstić information content (AvgIpc) is 3.46. The van der Waals surface area contributed by atoms with E-state index in [0.717, 1.165) is 30.8 Å². The maximum Gasteiger partial charge on any atom is 0.265 e. The number of fused-ring (bicyclic) bond motifs is 2. The van der Waals surface area contributed by atoms with Gasteiger partial charge in [-0.3, -0.25) is 9.11 Å². The van der Waals surface area contributed by atoms with Crippen molar-refractivity contribution in [2.45, 2.75) is 45.1 Å². The van der Waals surface area contributed by atoms with Gasteiger partial charge in [-0.1, -0.05) is 74.2 Å². The highest BCUT2D eigenvalue weighted by molar-refractivity contribution is 8.03. The second-order valence-electron chi connectivity index (χ2n) is 9.54. The SMILES string of the molecule is CCN(CC)CC.O=S(=O)(O)CCCN1/C(=C\C=C\c2sc3ccccc3[n+]2CCCS(=O)(=O)O)Sc2ccccc21. The van der Waals surface area contributed by atoms with Gasteiger partial charge in [-0.05, 0) is 50.3 Å². The lowest BCUT2D eigenvalue weighted by Gasteiger charge is -2.19. The molecule has 3 aromatic rings. The molecule has 0 atom stereocenters. The van der Waals surface area contributed by atoms with Gasteiger partial charge in [0, 0.05) is 30.0 Å². The number of anilines is 1. The van der Waals surface area contributed by atoms with Crippen LogP contribution in [0.1, 0.15) is 38.6 Å². The summed E-state index contributed by atoms with van der Waals surface area (Å²) in [4.78, 5) is 5.49. The molecule has 0 aliphatic carbocycles. The van der Waals surface area contributed by atoms with Crippen LogP contribution in [0.4, 0.5) is 5.69 Å². The van der Waals surface area contributed by atoms with E-state index in [9.17, 15) is 16.8 Å². The number of aryl methyl sites for hydroxylation is 1. The van der Waals surface area contributed by atoms with E-state index in [2.05, 4.69) is 25.7 Å². The number of thiazole rings is 1. The molecule has 0 saturated heterocycles. The fourth-order valence-corrected chi connectivity index (χ4v) is 7.70. The molecular weight excluding hydrogens is 615 g/mol. The molecule has 4 rings (SSSR count). The van der Waals surface area contributed by atoms with Crippen molar-refractivity contribution >= 4 is 65.3 Å². The number of para-hydroxylation sites is 2. The Bertz CT molecular complexity index is 1590. The summed E-state index contributed by atoms with van der Waals surface area (Å²) in [6.45, 7) is 11.0. The Kier molecular flexibility index (Phi) is 13.0. The Morgan fingerprint density at radius 1 is 0.881 bits per heavy atom. The largest absolute Gasteiger partial charge is 0.335 e. The molecule has 1 aromatic heterocycles. The number of rotatable bonds is 13. The zero-order valence-corrected chi connectivity index (χ0v) is 27.5. The number of hydrogen-bond acceptors (Lipinski definition) is 8. The molecule has 0 radical (unpaired) electrons. The first-order chi connectivity index (χ1) is 20.0. The van der Waals surface area contributed by atoms with E-state index in [1.807, 2.05) is 76.2 Å². The Morgan fingerprint density at radius 3 is 2.14 bits per heavy atom. The molecule has 0 spiro atoms. The van der Waals surface area contributed by atoms with Crippen molar-refractivity contribution in [2.24, 2.45) is 0 Å². The van der Waals surface area contributed by atoms with E-state index in [0.29, 0.717) is 25.9 Å². The van der Waals surface area contributed by atoms with Crippen LogP contribution in [0.15, 0.2) is 70.6 Å². The standard InChI is InChI=1S/C23H24N2O6S4.C6H15N/c26-34(27,28)16-6-14-24-18-8-1-3-10-20(18)32-22(24)12-5-13-23-25(15-7-17-35(29,30)31)19-9-2-4-11-21(19)33-23;1-4-7(5-2)6-3/h1-5,8-13H,6-7,14-17H2,(H-,26,27,28,29,30,31);4-6H2,1-3H3/p+1. The molecule has 1 aliphatic heterocycles. The third-order valence-electron chi connectivity index (χ3n) is 6.66. The minimum Gasteiger partial charge on any atom is -0.335 e. The van der Waals surface area contributed by atoms with Gasteiger partial charge in [0.15, 0.2) is 6.54 Å². The van der Waals surface area contributed by atoms with Gasteiger partial charge in [0.25, 0.3) is 25.2 Å². The summed E-state index contributed by atoms with van der Waals surface area (Å²) in [5.41, 5.74) is 1.99. The Morgan fingerprint density at radius 2 is 1.50 bits per heavy atom. The van der Waals surface area contributed by atoms with Gasteiger partial charge in [0.1, 0.15) is 4.70 Å². The minimum atomic E-state index is -4.02. The fraction of sp³-hybridized carbons (Fsp3) is 0.414. The first-order valence-corrected chi connectivity index (χ1v) is 18.8. The molecule has 0 fully saturated rings. The van der Waals surface area contributed by atoms with Gasteiger partial charge in [0.05, 0.1) is 22.2 Å². The number of thioether (sulfide) groups is 1. The lowest BCUT2D eigenvalue weighted by Crippen LogP contribution is -2.35. The molecule has 2 heterocycles. The minimum absolute atomic E-state index is 0.291. The number of aromatic nitrogens is 1. The highest BCUT2D eigenvalue weighted by atomic mass is 32.2. The summed E-state index contributed by atoms with van der Waals surface area (Å²) in [7, 11) is -8.04. The first-order valence-electron chi connectivity index (χ1n) is 13.9. The highest BCUT2D eigenvalue weighted by Crippen LogP contribution is 2.45. The molecule has 2 aromatic carbocycles. The molecule has 0 unspecified atom stereocenters. The lowest BCUT2D eigenvalue weighted by molar-refractivity contribution is -0.668. The maximum atomic E-state index is 11.2. The number of hydrogen-bond donors (Lipinski definition) is 2. The van der Waals surface area contributed by atoms with Crippen LogP contribution in [0.2, 0.25) is 0 Å². The zero-order chi connectivity index (χ0) is 30.8. The molecule has 0 saturated carbocycles. The Balaban J connectivity index is 0.000000616. The van der Waals surface area contributed by atoms with E-state index in [-0.39, 0.29) is 11.5 Å². The van der Waals surface area contributed by atoms with Crippen LogP contribution in [0.3, 0.4) is 0 Å². The lowest BCUT2D eigenvalue weighted by atomic mass is 10.3. The number of allylic oxidation sites excluding steroid dienone is 2. The van der Waals surface area contributed by atoms with Crippen LogP contribution in [-0.2, 0) is 26.8 Å². The van der Waals surface area contributed by atoms with E-state index in [4.69, 9.17) is 9.11 Å². The predicted octanol–water partition coefficient (Wildman–Crippen LogP) is 5.56. The molecule has 42 heavy (non-hydrogen) atoms. The van der Waals surface area contributed by atoms with Crippen LogP contribution in [-0.4, -0.2) is 68.5 Å². The summed E-state index contributed by atoms with van der Waals surface area (Å²) in [5, 5.41) is 1.88. The van der Waals surface area contributed by atoms with Crippen molar-refractivity contribution in [2.75, 3.05) is 42.6 Å². The quantitative estimate of drug-likeness (QED) is 0.180. The summed E-state index contributed by atoms with van der Waals surface area (Å²) < 4.78 is 65.9. The van der Waals surface area contributed by atoms with E-state index >= 15 is 0 Å². The van der Waals surface area contributed by atoms with Crippen molar-refractivity contribution in [3.05, 3.63) is 70.7 Å². The van der Waals surface area contributed by atoms with Crippen LogP contribution >= 0.6 is 23.1 Å². The van der Waals surface area contributed by atoms with Crippen LogP contribution < -0.4 is 9.47 Å². The van der Waals surface area contributed by atoms with Crippen molar-refractivity contribution in [1.82, 2.24) is 4.90 Å². The van der Waals surface area contributed by atoms with E-state index < -0.39 is 20.2 Å². The summed E-state index contributed by atoms with van der Waals surface area (Å²) in [5.74, 6) is -0.602. The van der Waals surface area contributed by atoms with Gasteiger partial charge in [-0.2, -0.15) is 21.4 Å². The second-order valence-corrected chi connectivity index (χ2v) is 14.8. The normalized spacial score (nSPS) is 14.6. The number of nitrogens with zero attached hydrogens (tertiary/aromatic N) is 3. The van der Waals surface area contributed by atoms with Crippen molar-refractivity contribution in [3.63, 3.8) is 0 Å². The first kappa shape index (κ1) is 34.2. The summed E-state index contributed by atoms with van der Waals surface area (Å²) >= 11 is 3.18. The van der Waals surface area contributed by atoms with Crippen LogP contribution in [0.5, 0.6) is 0 Å². The third kappa shape index (κ3) is 10.5. The molecule has 0 amide bonds. The molecule has 1 aliphatic rings. The Labute approximate surface area is 258 Å². The predicted molar refractivity (Wildman–Crippen MR) is 174 cm³/mol. The summed E-state index contributed by atoms with van der Waals surface area (Å²) in [6, 6.07) is 15.7. The van der Waals surface area contributed by atoms with E-state index in [1.54, 1.807) is 23.1 Å². The highest BCUT2D eigenvalue weighted by Gasteiger charge is 2.25. The molecule has 2 N–H and O–H groups in total. The van der Waals surface area contributed by atoms with Crippen molar-refractivity contribution in [1.29, 1.82) is 0 Å². The topological polar surface area (TPSA) is 119 Å². The van der Waals surface area contributed by atoms with Crippen LogP contribution in [0, 0.1) is 0 Å². The number of benzene rings is 2. The monoisotopic (exact) mass is 654 g/mol. The molecule has 9 nitrogen and oxygen atoms in total. The van der Waals surface area contributed by atoms with Gasteiger partial charge in [-0.15, -0.1) is 0 Å². The third-order valence-corrected chi connectivity index (χ3v) is 10.5. The van der Waals surface area contributed by atoms with Gasteiger partial charge in [-0.25, -0.2) is 0 Å². The molecule has 230 valence electrons. The molecule has 0 bridgehead atoms.